The van der Waals surface area contributed by atoms with Crippen LogP contribution >= 0.6 is 0 Å². The zero-order valence-corrected chi connectivity index (χ0v) is 16.5. The number of pyridine rings is 1. The van der Waals surface area contributed by atoms with Crippen LogP contribution in [0.25, 0.3) is 0 Å². The highest BCUT2D eigenvalue weighted by molar-refractivity contribution is 5.78. The Balaban J connectivity index is 1.31. The highest BCUT2D eigenvalue weighted by atomic mass is 16.5. The van der Waals surface area contributed by atoms with Gasteiger partial charge in [0.2, 0.25) is 0 Å². The van der Waals surface area contributed by atoms with Crippen molar-refractivity contribution in [2.24, 2.45) is 0 Å². The molecule has 1 heterocycles. The second-order valence-corrected chi connectivity index (χ2v) is 7.28. The van der Waals surface area contributed by atoms with E-state index in [1.807, 2.05) is 72.5 Å². The van der Waals surface area contributed by atoms with Crippen molar-refractivity contribution >= 4 is 5.91 Å². The second-order valence-electron chi connectivity index (χ2n) is 7.28. The number of hydrogen-bond donors (Lipinski definition) is 0. The maximum absolute atomic E-state index is 12.7. The van der Waals surface area contributed by atoms with Crippen LogP contribution in [0.3, 0.4) is 0 Å². The van der Waals surface area contributed by atoms with Gasteiger partial charge in [0.1, 0.15) is 17.2 Å². The number of rotatable bonds is 8. The van der Waals surface area contributed by atoms with Crippen molar-refractivity contribution in [2.45, 2.75) is 32.4 Å². The minimum absolute atomic E-state index is 0.00398. The summed E-state index contributed by atoms with van der Waals surface area (Å²) in [6.07, 6.45) is 5.62. The molecule has 0 aliphatic heterocycles. The Bertz CT molecular complexity index is 936. The molecule has 1 aliphatic rings. The third kappa shape index (κ3) is 5.35. The third-order valence-corrected chi connectivity index (χ3v) is 4.85. The Hall–Kier alpha value is -3.34. The van der Waals surface area contributed by atoms with Gasteiger partial charge in [-0.25, -0.2) is 0 Å². The SMILES string of the molecule is Cc1ccc(Oc2ccc(OCC(=O)N(Cc3ccncc3)C3CC3)cc2)cc1. The molecule has 1 aromatic heterocycles. The fraction of sp³-hybridized carbons (Fsp3) is 0.250. The zero-order valence-electron chi connectivity index (χ0n) is 16.5. The molecule has 0 unspecified atom stereocenters. The number of benzene rings is 2. The van der Waals surface area contributed by atoms with Crippen LogP contribution in [0.2, 0.25) is 0 Å². The van der Waals surface area contributed by atoms with E-state index in [-0.39, 0.29) is 12.5 Å². The first kappa shape index (κ1) is 19.0. The molecular weight excluding hydrogens is 364 g/mol. The number of carbonyl (C=O) groups is 1. The van der Waals surface area contributed by atoms with Gasteiger partial charge >= 0.3 is 0 Å². The predicted octanol–water partition coefficient (Wildman–Crippen LogP) is 4.75. The van der Waals surface area contributed by atoms with E-state index in [1.165, 1.54) is 5.56 Å². The monoisotopic (exact) mass is 388 g/mol. The molecule has 0 radical (unpaired) electrons. The summed E-state index contributed by atoms with van der Waals surface area (Å²) < 4.78 is 11.5. The zero-order chi connectivity index (χ0) is 20.1. The summed E-state index contributed by atoms with van der Waals surface area (Å²) in [5, 5.41) is 0. The van der Waals surface area contributed by atoms with Gasteiger partial charge in [-0.1, -0.05) is 17.7 Å². The summed E-state index contributed by atoms with van der Waals surface area (Å²) in [5.74, 6) is 2.17. The number of aromatic nitrogens is 1. The molecule has 4 rings (SSSR count). The van der Waals surface area contributed by atoms with Crippen molar-refractivity contribution in [2.75, 3.05) is 6.61 Å². The lowest BCUT2D eigenvalue weighted by molar-refractivity contribution is -0.134. The van der Waals surface area contributed by atoms with Gasteiger partial charge in [0.15, 0.2) is 6.61 Å². The Morgan fingerprint density at radius 3 is 2.14 bits per heavy atom. The molecule has 2 aromatic carbocycles. The first-order valence-electron chi connectivity index (χ1n) is 9.83. The molecule has 0 atom stereocenters. The van der Waals surface area contributed by atoms with Crippen molar-refractivity contribution < 1.29 is 14.3 Å². The molecule has 1 fully saturated rings. The van der Waals surface area contributed by atoms with Crippen LogP contribution in [-0.2, 0) is 11.3 Å². The standard InChI is InChI=1S/C24H24N2O3/c1-18-2-6-22(7-3-18)29-23-10-8-21(9-11-23)28-17-24(27)26(20-4-5-20)16-19-12-14-25-15-13-19/h2-3,6-15,20H,4-5,16-17H2,1H3. The van der Waals surface area contributed by atoms with Crippen molar-refractivity contribution in [1.82, 2.24) is 9.88 Å². The molecule has 148 valence electrons. The molecule has 1 saturated carbocycles. The average molecular weight is 388 g/mol. The van der Waals surface area contributed by atoms with E-state index < -0.39 is 0 Å². The molecule has 0 spiro atoms. The van der Waals surface area contributed by atoms with E-state index in [9.17, 15) is 4.79 Å². The van der Waals surface area contributed by atoms with Gasteiger partial charge in [0, 0.05) is 25.0 Å². The molecule has 1 amide bonds. The summed E-state index contributed by atoms with van der Waals surface area (Å²) >= 11 is 0. The molecule has 0 saturated heterocycles. The highest BCUT2D eigenvalue weighted by Gasteiger charge is 2.32. The van der Waals surface area contributed by atoms with Gasteiger partial charge in [-0.15, -0.1) is 0 Å². The predicted molar refractivity (Wildman–Crippen MR) is 111 cm³/mol. The van der Waals surface area contributed by atoms with Gasteiger partial charge in [-0.2, -0.15) is 0 Å². The Kier molecular flexibility index (Phi) is 5.75. The minimum atomic E-state index is 0.00398. The third-order valence-electron chi connectivity index (χ3n) is 4.85. The lowest BCUT2D eigenvalue weighted by Gasteiger charge is -2.22. The van der Waals surface area contributed by atoms with Crippen LogP contribution < -0.4 is 9.47 Å². The van der Waals surface area contributed by atoms with Crippen LogP contribution in [0.5, 0.6) is 17.2 Å². The summed E-state index contributed by atoms with van der Waals surface area (Å²) in [5.41, 5.74) is 2.27. The van der Waals surface area contributed by atoms with E-state index in [0.717, 1.165) is 29.9 Å². The second kappa shape index (κ2) is 8.78. The molecular formula is C24H24N2O3. The summed E-state index contributed by atoms with van der Waals surface area (Å²) in [4.78, 5) is 18.6. The molecule has 3 aromatic rings. The van der Waals surface area contributed by atoms with Crippen LogP contribution in [0, 0.1) is 6.92 Å². The van der Waals surface area contributed by atoms with Crippen LogP contribution in [0.1, 0.15) is 24.0 Å². The summed E-state index contributed by atoms with van der Waals surface area (Å²) in [6, 6.07) is 19.4. The molecule has 0 bridgehead atoms. The Morgan fingerprint density at radius 2 is 1.52 bits per heavy atom. The maximum Gasteiger partial charge on any atom is 0.261 e. The van der Waals surface area contributed by atoms with Crippen molar-refractivity contribution in [3.05, 3.63) is 84.2 Å². The van der Waals surface area contributed by atoms with Gasteiger partial charge in [-0.3, -0.25) is 9.78 Å². The molecule has 5 nitrogen and oxygen atoms in total. The molecule has 0 N–H and O–H groups in total. The normalized spacial score (nSPS) is 13.0. The maximum atomic E-state index is 12.7. The first-order valence-corrected chi connectivity index (χ1v) is 9.83. The van der Waals surface area contributed by atoms with E-state index in [4.69, 9.17) is 9.47 Å². The van der Waals surface area contributed by atoms with E-state index in [0.29, 0.717) is 18.3 Å². The number of aryl methyl sites for hydroxylation is 1. The average Bonchev–Trinajstić information content (AvgIpc) is 3.59. The smallest absolute Gasteiger partial charge is 0.261 e. The minimum Gasteiger partial charge on any atom is -0.484 e. The summed E-state index contributed by atoms with van der Waals surface area (Å²) in [7, 11) is 0. The topological polar surface area (TPSA) is 51.7 Å². The lowest BCUT2D eigenvalue weighted by atomic mass is 10.2. The van der Waals surface area contributed by atoms with E-state index in [2.05, 4.69) is 4.98 Å². The Morgan fingerprint density at radius 1 is 0.931 bits per heavy atom. The van der Waals surface area contributed by atoms with Gasteiger partial charge in [0.25, 0.3) is 5.91 Å². The number of ether oxygens (including phenoxy) is 2. The fourth-order valence-electron chi connectivity index (χ4n) is 3.07. The van der Waals surface area contributed by atoms with E-state index >= 15 is 0 Å². The largest absolute Gasteiger partial charge is 0.484 e. The van der Waals surface area contributed by atoms with Gasteiger partial charge in [-0.05, 0) is 73.9 Å². The van der Waals surface area contributed by atoms with Crippen molar-refractivity contribution in [3.63, 3.8) is 0 Å². The number of carbonyl (C=O) groups excluding carboxylic acids is 1. The van der Waals surface area contributed by atoms with Crippen LogP contribution in [-0.4, -0.2) is 28.4 Å². The number of amides is 1. The Labute approximate surface area is 170 Å². The van der Waals surface area contributed by atoms with Gasteiger partial charge in [0.05, 0.1) is 0 Å². The molecule has 29 heavy (non-hydrogen) atoms. The van der Waals surface area contributed by atoms with Crippen molar-refractivity contribution in [1.29, 1.82) is 0 Å². The molecule has 5 heteroatoms. The quantitative estimate of drug-likeness (QED) is 0.559. The van der Waals surface area contributed by atoms with E-state index in [1.54, 1.807) is 12.4 Å². The lowest BCUT2D eigenvalue weighted by Crippen LogP contribution is -2.36. The number of nitrogens with zero attached hydrogens (tertiary/aromatic N) is 2. The van der Waals surface area contributed by atoms with Crippen molar-refractivity contribution in [3.8, 4) is 17.2 Å². The highest BCUT2D eigenvalue weighted by Crippen LogP contribution is 2.29. The van der Waals surface area contributed by atoms with Crippen LogP contribution in [0.15, 0.2) is 73.1 Å². The van der Waals surface area contributed by atoms with Crippen LogP contribution in [0.4, 0.5) is 0 Å². The first-order chi connectivity index (χ1) is 14.2. The number of hydrogen-bond acceptors (Lipinski definition) is 4. The fourth-order valence-corrected chi connectivity index (χ4v) is 3.07. The summed E-state index contributed by atoms with van der Waals surface area (Å²) in [6.45, 7) is 2.66. The van der Waals surface area contributed by atoms with Gasteiger partial charge < -0.3 is 14.4 Å². The molecule has 1 aliphatic carbocycles.